The molecule has 0 spiro atoms. The van der Waals surface area contributed by atoms with Crippen LogP contribution in [-0.2, 0) is 11.2 Å². The highest BCUT2D eigenvalue weighted by Crippen LogP contribution is 2.33. The molecule has 2 aromatic rings. The maximum absolute atomic E-state index is 12.8. The molecule has 0 unspecified atom stereocenters. The van der Waals surface area contributed by atoms with Gasteiger partial charge in [-0.2, -0.15) is 5.10 Å². The lowest BCUT2D eigenvalue weighted by Gasteiger charge is -2.14. The number of urea groups is 1. The Kier molecular flexibility index (Phi) is 6.79. The number of methoxy groups -OCH3 is 2. The van der Waals surface area contributed by atoms with Crippen molar-refractivity contribution in [2.75, 3.05) is 33.1 Å². The zero-order chi connectivity index (χ0) is 21.7. The number of hydrogen-bond donors (Lipinski definition) is 2. The molecule has 0 fully saturated rings. The lowest BCUT2D eigenvalue weighted by molar-refractivity contribution is -0.130. The summed E-state index contributed by atoms with van der Waals surface area (Å²) in [4.78, 5) is 24.2. The maximum Gasteiger partial charge on any atom is 0.318 e. The number of hydrogen-bond acceptors (Lipinski definition) is 5. The number of carbonyl (C=O) groups is 2. The van der Waals surface area contributed by atoms with Crippen LogP contribution in [0.5, 0.6) is 11.5 Å². The van der Waals surface area contributed by atoms with Crippen molar-refractivity contribution in [3.05, 3.63) is 52.5 Å². The molecule has 1 aliphatic rings. The van der Waals surface area contributed by atoms with E-state index in [9.17, 15) is 9.59 Å². The molecular formula is C21H23ClN4O4. The van der Waals surface area contributed by atoms with Crippen LogP contribution in [0, 0.1) is 0 Å². The normalized spacial score (nSPS) is 12.9. The quantitative estimate of drug-likeness (QED) is 0.735. The molecule has 30 heavy (non-hydrogen) atoms. The summed E-state index contributed by atoms with van der Waals surface area (Å²) in [7, 11) is 4.61. The summed E-state index contributed by atoms with van der Waals surface area (Å²) in [5, 5.41) is 11.5. The van der Waals surface area contributed by atoms with Crippen LogP contribution < -0.4 is 20.1 Å². The summed E-state index contributed by atoms with van der Waals surface area (Å²) in [6.45, 7) is 0.491. The first kappa shape index (κ1) is 21.4. The second-order valence-electron chi connectivity index (χ2n) is 6.57. The van der Waals surface area contributed by atoms with Gasteiger partial charge < -0.3 is 20.1 Å². The summed E-state index contributed by atoms with van der Waals surface area (Å²) in [6, 6.07) is 10.4. The molecule has 158 valence electrons. The lowest BCUT2D eigenvalue weighted by Crippen LogP contribution is -2.25. The van der Waals surface area contributed by atoms with Gasteiger partial charge in [0, 0.05) is 25.2 Å². The van der Waals surface area contributed by atoms with Crippen LogP contribution in [0.2, 0.25) is 5.02 Å². The van der Waals surface area contributed by atoms with Crippen molar-refractivity contribution in [3.8, 4) is 11.5 Å². The van der Waals surface area contributed by atoms with Gasteiger partial charge in [-0.3, -0.25) is 4.79 Å². The number of nitrogens with one attached hydrogen (secondary N) is 2. The average Bonchev–Trinajstić information content (AvgIpc) is 3.26. The highest BCUT2D eigenvalue weighted by atomic mass is 35.5. The number of hydrazone groups is 1. The van der Waals surface area contributed by atoms with Gasteiger partial charge in [0.25, 0.3) is 0 Å². The fraction of sp³-hybridized carbons (Fsp3) is 0.286. The molecule has 2 aromatic carbocycles. The second kappa shape index (κ2) is 9.49. The molecule has 0 saturated heterocycles. The minimum Gasteiger partial charge on any atom is -0.497 e. The Morgan fingerprint density at radius 2 is 1.90 bits per heavy atom. The monoisotopic (exact) mass is 430 g/mol. The van der Waals surface area contributed by atoms with Gasteiger partial charge >= 0.3 is 6.03 Å². The minimum absolute atomic E-state index is 0.0815. The first-order chi connectivity index (χ1) is 14.4. The molecule has 0 radical (unpaired) electrons. The third-order valence-electron chi connectivity index (χ3n) is 4.68. The number of benzene rings is 2. The molecule has 9 heteroatoms. The van der Waals surface area contributed by atoms with Crippen LogP contribution in [0.4, 0.5) is 10.5 Å². The Bertz CT molecular complexity index is 976. The lowest BCUT2D eigenvalue weighted by atomic mass is 10.1. The summed E-state index contributed by atoms with van der Waals surface area (Å²) in [5.74, 6) is 0.852. The maximum atomic E-state index is 12.8. The van der Waals surface area contributed by atoms with E-state index in [1.165, 1.54) is 12.1 Å². The van der Waals surface area contributed by atoms with E-state index in [1.807, 2.05) is 12.1 Å². The number of halogens is 1. The van der Waals surface area contributed by atoms with Crippen molar-refractivity contribution in [2.45, 2.75) is 12.8 Å². The Labute approximate surface area is 179 Å². The van der Waals surface area contributed by atoms with Crippen molar-refractivity contribution in [3.63, 3.8) is 0 Å². The van der Waals surface area contributed by atoms with Crippen molar-refractivity contribution in [1.82, 2.24) is 10.3 Å². The summed E-state index contributed by atoms with van der Waals surface area (Å²) < 4.78 is 10.5. The number of nitrogens with zero attached hydrogens (tertiary/aromatic N) is 2. The van der Waals surface area contributed by atoms with Crippen LogP contribution in [0.15, 0.2) is 41.5 Å². The zero-order valence-corrected chi connectivity index (χ0v) is 17.7. The number of amides is 3. The summed E-state index contributed by atoms with van der Waals surface area (Å²) >= 11 is 6.35. The molecule has 8 nitrogen and oxygen atoms in total. The highest BCUT2D eigenvalue weighted by molar-refractivity contribution is 6.33. The van der Waals surface area contributed by atoms with Gasteiger partial charge in [0.2, 0.25) is 5.91 Å². The molecular weight excluding hydrogens is 408 g/mol. The average molecular weight is 431 g/mol. The third-order valence-corrected chi connectivity index (χ3v) is 5.11. The van der Waals surface area contributed by atoms with Gasteiger partial charge in [-0.25, -0.2) is 9.80 Å². The Morgan fingerprint density at radius 1 is 1.17 bits per heavy atom. The van der Waals surface area contributed by atoms with Crippen LogP contribution in [0.1, 0.15) is 17.5 Å². The van der Waals surface area contributed by atoms with Crippen molar-refractivity contribution < 1.29 is 19.1 Å². The van der Waals surface area contributed by atoms with E-state index in [4.69, 9.17) is 21.1 Å². The predicted molar refractivity (Wildman–Crippen MR) is 116 cm³/mol. The summed E-state index contributed by atoms with van der Waals surface area (Å²) in [5.41, 5.74) is 3.00. The van der Waals surface area contributed by atoms with Crippen LogP contribution >= 0.6 is 11.6 Å². The van der Waals surface area contributed by atoms with Gasteiger partial charge in [0.05, 0.1) is 37.9 Å². The predicted octanol–water partition coefficient (Wildman–Crippen LogP) is 3.29. The third kappa shape index (κ3) is 4.83. The first-order valence-electron chi connectivity index (χ1n) is 9.32. The van der Waals surface area contributed by atoms with E-state index in [0.29, 0.717) is 40.7 Å². The first-order valence-corrected chi connectivity index (χ1v) is 9.70. The van der Waals surface area contributed by atoms with Crippen molar-refractivity contribution in [1.29, 1.82) is 0 Å². The van der Waals surface area contributed by atoms with E-state index in [1.54, 1.807) is 38.4 Å². The molecule has 3 amide bonds. The fourth-order valence-corrected chi connectivity index (χ4v) is 3.31. The second-order valence-corrected chi connectivity index (χ2v) is 6.95. The van der Waals surface area contributed by atoms with Crippen LogP contribution in [-0.4, -0.2) is 50.5 Å². The Balaban J connectivity index is 1.71. The number of rotatable bonds is 6. The minimum atomic E-state index is -0.287. The van der Waals surface area contributed by atoms with E-state index < -0.39 is 0 Å². The number of ether oxygens (including phenoxy) is 2. The topological polar surface area (TPSA) is 92.3 Å². The van der Waals surface area contributed by atoms with Gasteiger partial charge in [-0.15, -0.1) is 0 Å². The van der Waals surface area contributed by atoms with Gasteiger partial charge in [0.1, 0.15) is 11.5 Å². The van der Waals surface area contributed by atoms with E-state index in [2.05, 4.69) is 15.7 Å². The smallest absolute Gasteiger partial charge is 0.318 e. The van der Waals surface area contributed by atoms with E-state index in [-0.39, 0.29) is 18.4 Å². The molecule has 0 atom stereocenters. The van der Waals surface area contributed by atoms with E-state index >= 15 is 0 Å². The van der Waals surface area contributed by atoms with Gasteiger partial charge in [-0.1, -0.05) is 23.7 Å². The van der Waals surface area contributed by atoms with Crippen LogP contribution in [0.3, 0.4) is 0 Å². The largest absolute Gasteiger partial charge is 0.497 e. The van der Waals surface area contributed by atoms with Gasteiger partial charge in [-0.05, 0) is 29.3 Å². The van der Waals surface area contributed by atoms with Crippen molar-refractivity contribution >= 4 is 34.9 Å². The molecule has 0 aliphatic carbocycles. The zero-order valence-electron chi connectivity index (χ0n) is 17.0. The molecule has 0 bridgehead atoms. The molecule has 0 saturated carbocycles. The Morgan fingerprint density at radius 3 is 2.53 bits per heavy atom. The summed E-state index contributed by atoms with van der Waals surface area (Å²) in [6.07, 6.45) is 0.723. The SMILES string of the molecule is CNC(=O)Nc1ccc(C2=NN(C(=O)Cc3cc(OC)cc(OC)c3Cl)CC2)cc1. The molecule has 0 aromatic heterocycles. The molecule has 1 aliphatic heterocycles. The molecule has 2 N–H and O–H groups in total. The van der Waals surface area contributed by atoms with E-state index in [0.717, 1.165) is 11.3 Å². The highest BCUT2D eigenvalue weighted by Gasteiger charge is 2.23. The van der Waals surface area contributed by atoms with Crippen LogP contribution in [0.25, 0.3) is 0 Å². The molecule has 1 heterocycles. The number of carbonyl (C=O) groups excluding carboxylic acids is 2. The standard InChI is InChI=1S/C21H23ClN4O4/c1-23-21(28)24-15-6-4-13(5-7-15)17-8-9-26(25-17)19(27)11-14-10-16(29-2)12-18(30-3)20(14)22/h4-7,10,12H,8-9,11H2,1-3H3,(H2,23,24,28). The molecule has 3 rings (SSSR count). The fourth-order valence-electron chi connectivity index (χ4n) is 3.06. The Hall–Kier alpha value is -3.26. The number of anilines is 1. The van der Waals surface area contributed by atoms with Gasteiger partial charge in [0.15, 0.2) is 0 Å². The van der Waals surface area contributed by atoms with Crippen molar-refractivity contribution in [2.24, 2.45) is 5.10 Å².